The number of carboxylic acids is 2. The van der Waals surface area contributed by atoms with Crippen molar-refractivity contribution in [1.29, 1.82) is 5.26 Å². The summed E-state index contributed by atoms with van der Waals surface area (Å²) in [6, 6.07) is 5.46. The summed E-state index contributed by atoms with van der Waals surface area (Å²) >= 11 is 4.19. The normalized spacial score (nSPS) is 11.5. The smallest absolute Gasteiger partial charge is 0.348 e. The highest BCUT2D eigenvalue weighted by Crippen LogP contribution is 2.46. The second kappa shape index (κ2) is 7.97. The van der Waals surface area contributed by atoms with Gasteiger partial charge in [-0.3, -0.25) is 9.59 Å². The molecule has 2 N–H and O–H groups in total. The Hall–Kier alpha value is -2.94. The molecule has 0 aromatic carbocycles. The maximum atomic E-state index is 11.6. The van der Waals surface area contributed by atoms with E-state index in [1.54, 1.807) is 6.07 Å². The highest BCUT2D eigenvalue weighted by atomic mass is 32.1. The second-order valence-electron chi connectivity index (χ2n) is 5.53. The molecular formula is C17H12N2O6S3. The van der Waals surface area contributed by atoms with Crippen molar-refractivity contribution in [2.24, 2.45) is 0 Å². The van der Waals surface area contributed by atoms with Crippen LogP contribution in [-0.4, -0.2) is 48.3 Å². The lowest BCUT2D eigenvalue weighted by Gasteiger charge is -2.17. The Morgan fingerprint density at radius 3 is 2.29 bits per heavy atom. The fourth-order valence-electron chi connectivity index (χ4n) is 2.50. The molecule has 11 heteroatoms. The first-order chi connectivity index (χ1) is 13.3. The average molecular weight is 436 g/mol. The van der Waals surface area contributed by atoms with Crippen LogP contribution in [0.15, 0.2) is 17.7 Å². The van der Waals surface area contributed by atoms with E-state index >= 15 is 0 Å². The van der Waals surface area contributed by atoms with E-state index in [0.717, 1.165) is 18.8 Å². The van der Waals surface area contributed by atoms with Crippen LogP contribution < -0.4 is 4.90 Å². The highest BCUT2D eigenvalue weighted by Gasteiger charge is 2.20. The van der Waals surface area contributed by atoms with E-state index in [-0.39, 0.29) is 5.57 Å². The molecule has 0 spiro atoms. The molecule has 0 fully saturated rings. The molecule has 3 rings (SSSR count). The average Bonchev–Trinajstić information content (AvgIpc) is 3.27. The van der Waals surface area contributed by atoms with Crippen LogP contribution in [0.25, 0.3) is 24.9 Å². The third-order valence-electron chi connectivity index (χ3n) is 3.60. The van der Waals surface area contributed by atoms with Gasteiger partial charge < -0.3 is 19.8 Å². The Kier molecular flexibility index (Phi) is 5.64. The molecular weight excluding hydrogens is 424 g/mol. The van der Waals surface area contributed by atoms with Gasteiger partial charge >= 0.3 is 17.9 Å². The van der Waals surface area contributed by atoms with E-state index < -0.39 is 31.0 Å². The molecule has 3 heterocycles. The van der Waals surface area contributed by atoms with Gasteiger partial charge in [0.2, 0.25) is 0 Å². The minimum atomic E-state index is -1.11. The first-order valence-corrected chi connectivity index (χ1v) is 10.1. The number of carbonyl (C=O) groups is 3. The standard InChI is InChI=1S/C17H12N2O6S3/c1-25-17(24)8(5-18)2-9-3-10-15(26-9)16-11(27-10)4-12(28-16)19(6-13(20)21)7-14(22)23/h2-4H,6-7H2,1H3,(H,20,21)(H,22,23)/b8-2+. The third kappa shape index (κ3) is 3.99. The number of nitriles is 1. The molecule has 0 aliphatic rings. The lowest BCUT2D eigenvalue weighted by atomic mass is 10.2. The largest absolute Gasteiger partial charge is 0.480 e. The Morgan fingerprint density at radius 1 is 1.11 bits per heavy atom. The molecule has 3 aromatic rings. The van der Waals surface area contributed by atoms with Gasteiger partial charge in [0, 0.05) is 14.3 Å². The minimum Gasteiger partial charge on any atom is -0.480 e. The molecule has 0 atom stereocenters. The Labute approximate surface area is 170 Å². The molecule has 144 valence electrons. The summed E-state index contributed by atoms with van der Waals surface area (Å²) in [4.78, 5) is 35.7. The van der Waals surface area contributed by atoms with Gasteiger partial charge in [0.1, 0.15) is 24.7 Å². The molecule has 0 saturated heterocycles. The lowest BCUT2D eigenvalue weighted by Crippen LogP contribution is -2.33. The SMILES string of the molecule is COC(=O)/C(C#N)=C/c1cc2sc3cc(N(CC(=O)O)CC(=O)O)sc3c2s1. The zero-order valence-electron chi connectivity index (χ0n) is 14.3. The Balaban J connectivity index is 2.01. The van der Waals surface area contributed by atoms with Crippen molar-refractivity contribution in [2.75, 3.05) is 25.1 Å². The van der Waals surface area contributed by atoms with E-state index in [2.05, 4.69) is 4.74 Å². The molecule has 3 aromatic heterocycles. The molecule has 8 nitrogen and oxygen atoms in total. The molecule has 0 saturated carbocycles. The number of carbonyl (C=O) groups excluding carboxylic acids is 1. The van der Waals surface area contributed by atoms with E-state index in [0.29, 0.717) is 9.88 Å². The summed E-state index contributed by atoms with van der Waals surface area (Å²) < 4.78 is 8.32. The first kappa shape index (κ1) is 19.8. The number of methoxy groups -OCH3 is 1. The second-order valence-corrected chi connectivity index (χ2v) is 8.73. The monoisotopic (exact) mass is 436 g/mol. The molecule has 0 unspecified atom stereocenters. The number of hydrogen-bond acceptors (Lipinski definition) is 9. The fourth-order valence-corrected chi connectivity index (χ4v) is 6.46. The van der Waals surface area contributed by atoms with Gasteiger partial charge in [-0.1, -0.05) is 0 Å². The van der Waals surface area contributed by atoms with Gasteiger partial charge in [0.05, 0.1) is 21.5 Å². The summed E-state index contributed by atoms with van der Waals surface area (Å²) in [7, 11) is 1.21. The van der Waals surface area contributed by atoms with Crippen molar-refractivity contribution in [3.05, 3.63) is 22.6 Å². The van der Waals surface area contributed by atoms with Crippen molar-refractivity contribution < 1.29 is 29.3 Å². The topological polar surface area (TPSA) is 128 Å². The number of thiophene rings is 3. The van der Waals surface area contributed by atoms with Crippen molar-refractivity contribution in [3.8, 4) is 6.07 Å². The summed E-state index contributed by atoms with van der Waals surface area (Å²) in [6.45, 7) is -0.821. The van der Waals surface area contributed by atoms with Gasteiger partial charge in [-0.05, 0) is 18.2 Å². The lowest BCUT2D eigenvalue weighted by molar-refractivity contribution is -0.137. The molecule has 0 radical (unpaired) electrons. The summed E-state index contributed by atoms with van der Waals surface area (Å²) in [5.41, 5.74) is -0.103. The Morgan fingerprint density at radius 2 is 1.71 bits per heavy atom. The maximum absolute atomic E-state index is 11.6. The summed E-state index contributed by atoms with van der Waals surface area (Å²) in [5.74, 6) is -2.93. The first-order valence-electron chi connectivity index (χ1n) is 7.67. The van der Waals surface area contributed by atoms with Crippen LogP contribution in [0, 0.1) is 11.3 Å². The molecule has 0 aliphatic heterocycles. The van der Waals surface area contributed by atoms with E-state index in [9.17, 15) is 14.4 Å². The number of esters is 1. The fraction of sp³-hybridized carbons (Fsp3) is 0.176. The quantitative estimate of drug-likeness (QED) is 0.328. The third-order valence-corrected chi connectivity index (χ3v) is 7.39. The van der Waals surface area contributed by atoms with Gasteiger partial charge in [0.25, 0.3) is 0 Å². The molecule has 0 aliphatic carbocycles. The number of fused-ring (bicyclic) bond motifs is 3. The van der Waals surface area contributed by atoms with Crippen LogP contribution in [-0.2, 0) is 19.1 Å². The molecule has 0 bridgehead atoms. The van der Waals surface area contributed by atoms with E-state index in [1.807, 2.05) is 12.1 Å². The van der Waals surface area contributed by atoms with Crippen LogP contribution in [0.1, 0.15) is 4.88 Å². The molecule has 0 amide bonds. The van der Waals surface area contributed by atoms with E-state index in [1.165, 1.54) is 52.1 Å². The summed E-state index contributed by atoms with van der Waals surface area (Å²) in [6.07, 6.45) is 1.46. The van der Waals surface area contributed by atoms with Crippen LogP contribution >= 0.6 is 34.0 Å². The summed E-state index contributed by atoms with van der Waals surface area (Å²) in [5, 5.41) is 27.7. The van der Waals surface area contributed by atoms with Crippen molar-refractivity contribution >= 4 is 81.8 Å². The number of hydrogen-bond donors (Lipinski definition) is 2. The number of carboxylic acid groups (broad SMARTS) is 2. The Bertz CT molecular complexity index is 1150. The zero-order chi connectivity index (χ0) is 20.4. The number of rotatable bonds is 7. The van der Waals surface area contributed by atoms with Gasteiger partial charge in [-0.25, -0.2) is 4.79 Å². The van der Waals surface area contributed by atoms with Gasteiger partial charge in [-0.15, -0.1) is 34.0 Å². The number of nitrogens with zero attached hydrogens (tertiary/aromatic N) is 2. The number of ether oxygens (including phenoxy) is 1. The highest BCUT2D eigenvalue weighted by molar-refractivity contribution is 7.39. The van der Waals surface area contributed by atoms with E-state index in [4.69, 9.17) is 15.5 Å². The predicted molar refractivity (Wildman–Crippen MR) is 108 cm³/mol. The van der Waals surface area contributed by atoms with Gasteiger partial charge in [0.15, 0.2) is 0 Å². The van der Waals surface area contributed by atoms with Crippen LogP contribution in [0.3, 0.4) is 0 Å². The zero-order valence-corrected chi connectivity index (χ0v) is 16.7. The van der Waals surface area contributed by atoms with Crippen LogP contribution in [0.5, 0.6) is 0 Å². The van der Waals surface area contributed by atoms with Crippen molar-refractivity contribution in [2.45, 2.75) is 0 Å². The van der Waals surface area contributed by atoms with Crippen LogP contribution in [0.4, 0.5) is 5.00 Å². The van der Waals surface area contributed by atoms with Crippen molar-refractivity contribution in [1.82, 2.24) is 0 Å². The number of anilines is 1. The molecule has 28 heavy (non-hydrogen) atoms. The minimum absolute atomic E-state index is 0.103. The van der Waals surface area contributed by atoms with Gasteiger partial charge in [-0.2, -0.15) is 5.26 Å². The number of aliphatic carboxylic acids is 2. The van der Waals surface area contributed by atoms with Crippen molar-refractivity contribution in [3.63, 3.8) is 0 Å². The predicted octanol–water partition coefficient (Wildman–Crippen LogP) is 3.23. The maximum Gasteiger partial charge on any atom is 0.348 e. The van der Waals surface area contributed by atoms with Crippen LogP contribution in [0.2, 0.25) is 0 Å².